The summed E-state index contributed by atoms with van der Waals surface area (Å²) in [7, 11) is 0. The van der Waals surface area contributed by atoms with E-state index in [-0.39, 0.29) is 29.0 Å². The summed E-state index contributed by atoms with van der Waals surface area (Å²) in [5, 5.41) is 3.17. The van der Waals surface area contributed by atoms with Gasteiger partial charge in [-0.1, -0.05) is 17.7 Å². The summed E-state index contributed by atoms with van der Waals surface area (Å²) in [4.78, 5) is 20.1. The van der Waals surface area contributed by atoms with Crippen LogP contribution in [0.15, 0.2) is 36.7 Å². The number of hydrogen-bond donors (Lipinski definition) is 1. The highest BCUT2D eigenvalue weighted by atomic mass is 35.5. The van der Waals surface area contributed by atoms with Gasteiger partial charge in [0.2, 0.25) is 0 Å². The van der Waals surface area contributed by atoms with E-state index in [0.29, 0.717) is 30.9 Å². The predicted octanol–water partition coefficient (Wildman–Crippen LogP) is 3.99. The molecule has 1 aliphatic heterocycles. The number of aromatic nitrogens is 1. The molecule has 3 rings (SSSR count). The van der Waals surface area contributed by atoms with E-state index >= 15 is 0 Å². The van der Waals surface area contributed by atoms with E-state index < -0.39 is 5.82 Å². The van der Waals surface area contributed by atoms with Crippen LogP contribution in [0.3, 0.4) is 0 Å². The Kier molecular flexibility index (Phi) is 5.79. The molecule has 0 unspecified atom stereocenters. The van der Waals surface area contributed by atoms with Crippen LogP contribution in [0.4, 0.5) is 19.3 Å². The van der Waals surface area contributed by atoms with Crippen molar-refractivity contribution in [2.75, 3.05) is 24.5 Å². The van der Waals surface area contributed by atoms with Gasteiger partial charge in [-0.3, -0.25) is 4.98 Å². The number of rotatable bonds is 3. The fourth-order valence-corrected chi connectivity index (χ4v) is 3.63. The van der Waals surface area contributed by atoms with Gasteiger partial charge >= 0.3 is 6.03 Å². The first-order valence-electron chi connectivity index (χ1n) is 8.73. The highest BCUT2D eigenvalue weighted by Crippen LogP contribution is 2.25. The Morgan fingerprint density at radius 2 is 2.11 bits per heavy atom. The number of hydrogen-bond acceptors (Lipinski definition) is 3. The maximum Gasteiger partial charge on any atom is 0.318 e. The Bertz CT molecular complexity index is 835. The van der Waals surface area contributed by atoms with Gasteiger partial charge in [-0.05, 0) is 37.6 Å². The smallest absolute Gasteiger partial charge is 0.318 e. The molecule has 8 heteroatoms. The van der Waals surface area contributed by atoms with E-state index in [2.05, 4.69) is 10.3 Å². The van der Waals surface area contributed by atoms with Crippen LogP contribution >= 0.6 is 11.6 Å². The van der Waals surface area contributed by atoms with Crippen LogP contribution < -0.4 is 10.2 Å². The third-order valence-corrected chi connectivity index (χ3v) is 5.08. The fraction of sp³-hybridized carbons (Fsp3) is 0.368. The first kappa shape index (κ1) is 19.4. The third kappa shape index (κ3) is 4.30. The quantitative estimate of drug-likeness (QED) is 0.856. The van der Waals surface area contributed by atoms with Crippen LogP contribution in [0.2, 0.25) is 5.02 Å². The summed E-state index contributed by atoms with van der Waals surface area (Å²) in [6.45, 7) is 5.20. The number of amides is 2. The van der Waals surface area contributed by atoms with Crippen molar-refractivity contribution in [2.24, 2.45) is 0 Å². The standard InChI is InChI=1S/C19H21ClF2N4O/c1-12-11-25(18-5-6-23-10-17(18)22)7-8-26(12)19(27)24-13(2)15-4-3-14(21)9-16(15)20/h3-6,9-10,12-13H,7-8,11H2,1-2H3,(H,24,27)/t12-,13-/m1/s1. The number of piperazine rings is 1. The van der Waals surface area contributed by atoms with Gasteiger partial charge in [0.05, 0.1) is 17.9 Å². The number of benzene rings is 1. The van der Waals surface area contributed by atoms with Crippen molar-refractivity contribution in [3.05, 3.63) is 58.9 Å². The topological polar surface area (TPSA) is 48.5 Å². The summed E-state index contributed by atoms with van der Waals surface area (Å²) in [5.74, 6) is -0.794. The molecule has 1 aliphatic rings. The Morgan fingerprint density at radius 3 is 2.78 bits per heavy atom. The lowest BCUT2D eigenvalue weighted by Gasteiger charge is -2.41. The molecule has 1 saturated heterocycles. The molecule has 2 heterocycles. The molecular formula is C19H21ClF2N4O. The highest BCUT2D eigenvalue weighted by molar-refractivity contribution is 6.31. The second-order valence-corrected chi connectivity index (χ2v) is 7.06. The number of carbonyl (C=O) groups excluding carboxylic acids is 1. The lowest BCUT2D eigenvalue weighted by molar-refractivity contribution is 0.168. The summed E-state index contributed by atoms with van der Waals surface area (Å²) in [6, 6.07) is 5.03. The Balaban J connectivity index is 1.64. The summed E-state index contributed by atoms with van der Waals surface area (Å²) >= 11 is 6.07. The van der Waals surface area contributed by atoms with Crippen molar-refractivity contribution in [1.82, 2.24) is 15.2 Å². The molecule has 0 radical (unpaired) electrons. The molecule has 1 fully saturated rings. The number of halogens is 3. The molecule has 27 heavy (non-hydrogen) atoms. The minimum absolute atomic E-state index is 0.109. The van der Waals surface area contributed by atoms with E-state index in [1.807, 2.05) is 11.8 Å². The lowest BCUT2D eigenvalue weighted by Crippen LogP contribution is -2.57. The van der Waals surface area contributed by atoms with Gasteiger partial charge in [0, 0.05) is 36.9 Å². The minimum atomic E-state index is -0.421. The van der Waals surface area contributed by atoms with Gasteiger partial charge in [-0.2, -0.15) is 0 Å². The van der Waals surface area contributed by atoms with Crippen LogP contribution in [0, 0.1) is 11.6 Å². The maximum absolute atomic E-state index is 13.9. The molecule has 144 valence electrons. The van der Waals surface area contributed by atoms with Gasteiger partial charge < -0.3 is 15.1 Å². The number of pyridine rings is 1. The average Bonchev–Trinajstić information content (AvgIpc) is 2.61. The molecule has 5 nitrogen and oxygen atoms in total. The van der Waals surface area contributed by atoms with E-state index in [1.165, 1.54) is 18.3 Å². The van der Waals surface area contributed by atoms with Crippen molar-refractivity contribution in [1.29, 1.82) is 0 Å². The summed E-state index contributed by atoms with van der Waals surface area (Å²) in [5.41, 5.74) is 1.14. The molecule has 2 amide bonds. The lowest BCUT2D eigenvalue weighted by atomic mass is 10.1. The van der Waals surface area contributed by atoms with Gasteiger partial charge in [0.15, 0.2) is 5.82 Å². The molecular weight excluding hydrogens is 374 g/mol. The molecule has 1 aromatic carbocycles. The SMILES string of the molecule is C[C@@H]1CN(c2ccncc2F)CCN1C(=O)N[C@H](C)c1ccc(F)cc1Cl. The zero-order valence-electron chi connectivity index (χ0n) is 15.1. The monoisotopic (exact) mass is 394 g/mol. The summed E-state index contributed by atoms with van der Waals surface area (Å²) < 4.78 is 27.2. The van der Waals surface area contributed by atoms with Crippen LogP contribution in [-0.4, -0.2) is 41.6 Å². The first-order chi connectivity index (χ1) is 12.9. The van der Waals surface area contributed by atoms with Crippen LogP contribution in [0.25, 0.3) is 0 Å². The Hall–Kier alpha value is -2.41. The van der Waals surface area contributed by atoms with Gasteiger partial charge in [-0.15, -0.1) is 0 Å². The molecule has 1 aromatic heterocycles. The fourth-order valence-electron chi connectivity index (χ4n) is 3.30. The van der Waals surface area contributed by atoms with E-state index in [9.17, 15) is 13.6 Å². The normalized spacial score (nSPS) is 18.3. The first-order valence-corrected chi connectivity index (χ1v) is 9.11. The minimum Gasteiger partial charge on any atom is -0.365 e. The molecule has 0 bridgehead atoms. The Labute approximate surface area is 161 Å². The van der Waals surface area contributed by atoms with Gasteiger partial charge in [0.1, 0.15) is 5.82 Å². The van der Waals surface area contributed by atoms with Crippen molar-refractivity contribution in [3.63, 3.8) is 0 Å². The van der Waals surface area contributed by atoms with Crippen molar-refractivity contribution < 1.29 is 13.6 Å². The van der Waals surface area contributed by atoms with Crippen molar-refractivity contribution >= 4 is 23.3 Å². The molecule has 2 atom stereocenters. The van der Waals surface area contributed by atoms with Crippen LogP contribution in [-0.2, 0) is 0 Å². The van der Waals surface area contributed by atoms with Crippen LogP contribution in [0.5, 0.6) is 0 Å². The third-order valence-electron chi connectivity index (χ3n) is 4.75. The predicted molar refractivity (Wildman–Crippen MR) is 101 cm³/mol. The van der Waals surface area contributed by atoms with E-state index in [4.69, 9.17) is 11.6 Å². The number of anilines is 1. The van der Waals surface area contributed by atoms with Gasteiger partial charge in [-0.25, -0.2) is 13.6 Å². The summed E-state index contributed by atoms with van der Waals surface area (Å²) in [6.07, 6.45) is 2.74. The highest BCUT2D eigenvalue weighted by Gasteiger charge is 2.29. The van der Waals surface area contributed by atoms with E-state index in [0.717, 1.165) is 0 Å². The average molecular weight is 395 g/mol. The van der Waals surface area contributed by atoms with E-state index in [1.54, 1.807) is 30.2 Å². The molecule has 1 N–H and O–H groups in total. The zero-order valence-corrected chi connectivity index (χ0v) is 15.9. The van der Waals surface area contributed by atoms with Crippen molar-refractivity contribution in [2.45, 2.75) is 25.9 Å². The molecule has 0 aliphatic carbocycles. The number of carbonyl (C=O) groups is 1. The van der Waals surface area contributed by atoms with Crippen molar-refractivity contribution in [3.8, 4) is 0 Å². The largest absolute Gasteiger partial charge is 0.365 e. The van der Waals surface area contributed by atoms with Crippen LogP contribution in [0.1, 0.15) is 25.5 Å². The Morgan fingerprint density at radius 1 is 1.33 bits per heavy atom. The number of nitrogens with one attached hydrogen (secondary N) is 1. The zero-order chi connectivity index (χ0) is 19.6. The second-order valence-electron chi connectivity index (χ2n) is 6.65. The van der Waals surface area contributed by atoms with Gasteiger partial charge in [0.25, 0.3) is 0 Å². The second kappa shape index (κ2) is 8.08. The molecule has 0 saturated carbocycles. The number of urea groups is 1. The molecule has 0 spiro atoms. The maximum atomic E-state index is 13.9. The number of nitrogens with zero attached hydrogens (tertiary/aromatic N) is 3. The molecule has 2 aromatic rings.